The first-order chi connectivity index (χ1) is 5.73. The largest absolute Gasteiger partial charge is 0.378 e. The first kappa shape index (κ1) is 8.52. The van der Waals surface area contributed by atoms with Gasteiger partial charge in [0.1, 0.15) is 0 Å². The van der Waals surface area contributed by atoms with Crippen molar-refractivity contribution in [1.82, 2.24) is 0 Å². The summed E-state index contributed by atoms with van der Waals surface area (Å²) in [6.45, 7) is 5.43. The molecule has 2 heteroatoms. The normalized spacial score (nSPS) is 51.8. The third-order valence-corrected chi connectivity index (χ3v) is 3.72. The number of methoxy groups -OCH3 is 1. The van der Waals surface area contributed by atoms with Crippen LogP contribution in [0.3, 0.4) is 0 Å². The van der Waals surface area contributed by atoms with E-state index in [2.05, 4.69) is 13.8 Å². The number of hydrogen-bond acceptors (Lipinski definition) is 2. The van der Waals surface area contributed by atoms with Crippen LogP contribution in [-0.2, 0) is 9.47 Å². The van der Waals surface area contributed by atoms with Gasteiger partial charge in [0.25, 0.3) is 0 Å². The maximum absolute atomic E-state index is 5.84. The van der Waals surface area contributed by atoms with Gasteiger partial charge in [-0.2, -0.15) is 0 Å². The Kier molecular flexibility index (Phi) is 1.92. The Morgan fingerprint density at radius 3 is 2.75 bits per heavy atom. The molecule has 1 saturated heterocycles. The maximum atomic E-state index is 5.84. The summed E-state index contributed by atoms with van der Waals surface area (Å²) in [5, 5.41) is 0. The van der Waals surface area contributed by atoms with E-state index in [4.69, 9.17) is 9.47 Å². The van der Waals surface area contributed by atoms with Crippen LogP contribution < -0.4 is 0 Å². The molecular formula is C10H18O2. The summed E-state index contributed by atoms with van der Waals surface area (Å²) in [7, 11) is 1.81. The van der Waals surface area contributed by atoms with Crippen LogP contribution in [0.2, 0.25) is 0 Å². The predicted octanol–water partition coefficient (Wildman–Crippen LogP) is 1.84. The number of hydrogen-bond donors (Lipinski definition) is 0. The van der Waals surface area contributed by atoms with Crippen LogP contribution in [0, 0.1) is 11.8 Å². The van der Waals surface area contributed by atoms with E-state index in [1.165, 1.54) is 6.42 Å². The number of fused-ring (bicyclic) bond motifs is 2. The van der Waals surface area contributed by atoms with E-state index in [1.54, 1.807) is 0 Å². The highest BCUT2D eigenvalue weighted by Gasteiger charge is 2.57. The van der Waals surface area contributed by atoms with Crippen molar-refractivity contribution >= 4 is 0 Å². The van der Waals surface area contributed by atoms with Gasteiger partial charge in [-0.3, -0.25) is 0 Å². The van der Waals surface area contributed by atoms with Crippen LogP contribution in [0.1, 0.15) is 26.7 Å². The highest BCUT2D eigenvalue weighted by atomic mass is 16.6. The summed E-state index contributed by atoms with van der Waals surface area (Å²) in [5.41, 5.74) is 0.0683. The Bertz CT molecular complexity index is 181. The van der Waals surface area contributed by atoms with E-state index in [-0.39, 0.29) is 5.60 Å². The monoisotopic (exact) mass is 170 g/mol. The van der Waals surface area contributed by atoms with Gasteiger partial charge in [0.05, 0.1) is 18.3 Å². The molecule has 0 aromatic heterocycles. The first-order valence-corrected chi connectivity index (χ1v) is 4.90. The minimum atomic E-state index is 0.0683. The zero-order valence-corrected chi connectivity index (χ0v) is 8.17. The molecule has 0 aromatic carbocycles. The summed E-state index contributed by atoms with van der Waals surface area (Å²) in [6.07, 6.45) is 2.64. The smallest absolute Gasteiger partial charge is 0.0946 e. The quantitative estimate of drug-likeness (QED) is 0.629. The van der Waals surface area contributed by atoms with Crippen molar-refractivity contribution in [1.29, 1.82) is 0 Å². The lowest BCUT2D eigenvalue weighted by Crippen LogP contribution is -2.36. The zero-order valence-electron chi connectivity index (χ0n) is 8.17. The Morgan fingerprint density at radius 2 is 2.33 bits per heavy atom. The summed E-state index contributed by atoms with van der Waals surface area (Å²) < 4.78 is 11.4. The summed E-state index contributed by atoms with van der Waals surface area (Å²) in [6, 6.07) is 0. The van der Waals surface area contributed by atoms with Crippen molar-refractivity contribution in [2.75, 3.05) is 13.7 Å². The minimum Gasteiger partial charge on any atom is -0.378 e. The Balaban J connectivity index is 2.23. The van der Waals surface area contributed by atoms with E-state index in [0.717, 1.165) is 18.9 Å². The maximum Gasteiger partial charge on any atom is 0.0946 e. The second-order valence-electron chi connectivity index (χ2n) is 4.23. The molecule has 2 aliphatic rings. The van der Waals surface area contributed by atoms with E-state index in [0.29, 0.717) is 12.0 Å². The molecule has 0 aromatic rings. The average Bonchev–Trinajstić information content (AvgIpc) is 2.56. The molecule has 2 nitrogen and oxygen atoms in total. The Hall–Kier alpha value is -0.0800. The van der Waals surface area contributed by atoms with Crippen LogP contribution in [0.5, 0.6) is 0 Å². The molecular weight excluding hydrogens is 152 g/mol. The van der Waals surface area contributed by atoms with E-state index in [9.17, 15) is 0 Å². The Labute approximate surface area is 74.2 Å². The second-order valence-corrected chi connectivity index (χ2v) is 4.23. The van der Waals surface area contributed by atoms with Gasteiger partial charge in [0, 0.05) is 13.0 Å². The lowest BCUT2D eigenvalue weighted by Gasteiger charge is -2.29. The molecule has 1 saturated carbocycles. The average molecular weight is 170 g/mol. The van der Waals surface area contributed by atoms with Crippen LogP contribution in [0.25, 0.3) is 0 Å². The molecule has 70 valence electrons. The number of ether oxygens (including phenoxy) is 2. The highest BCUT2D eigenvalue weighted by Crippen LogP contribution is 2.50. The fourth-order valence-corrected chi connectivity index (χ4v) is 2.99. The van der Waals surface area contributed by atoms with Crippen LogP contribution >= 0.6 is 0 Å². The SMILES string of the molecule is CC[C@@]12C[C@H](C)[C@@H](CO1)[C@@H]2OC. The minimum absolute atomic E-state index is 0.0683. The van der Waals surface area contributed by atoms with Gasteiger partial charge in [-0.05, 0) is 18.8 Å². The van der Waals surface area contributed by atoms with Gasteiger partial charge in [0.15, 0.2) is 0 Å². The van der Waals surface area contributed by atoms with Gasteiger partial charge < -0.3 is 9.47 Å². The molecule has 4 atom stereocenters. The van der Waals surface area contributed by atoms with Crippen molar-refractivity contribution in [3.63, 3.8) is 0 Å². The molecule has 0 N–H and O–H groups in total. The van der Waals surface area contributed by atoms with Gasteiger partial charge in [0.2, 0.25) is 0 Å². The van der Waals surface area contributed by atoms with E-state index < -0.39 is 0 Å². The lowest BCUT2D eigenvalue weighted by atomic mass is 9.96. The molecule has 2 fully saturated rings. The highest BCUT2D eigenvalue weighted by molar-refractivity contribution is 5.06. The van der Waals surface area contributed by atoms with Gasteiger partial charge in [-0.25, -0.2) is 0 Å². The fourth-order valence-electron chi connectivity index (χ4n) is 2.99. The van der Waals surface area contributed by atoms with E-state index in [1.807, 2.05) is 7.11 Å². The van der Waals surface area contributed by atoms with Crippen molar-refractivity contribution < 1.29 is 9.47 Å². The van der Waals surface area contributed by atoms with Crippen molar-refractivity contribution in [2.24, 2.45) is 11.8 Å². The standard InChI is InChI=1S/C10H18O2/c1-4-10-5-7(2)8(6-12-10)9(10)11-3/h7-9H,4-6H2,1-3H3/t7-,8+,9-,10-/m0/s1. The van der Waals surface area contributed by atoms with Crippen LogP contribution in [0.4, 0.5) is 0 Å². The topological polar surface area (TPSA) is 18.5 Å². The number of rotatable bonds is 2. The molecule has 1 aliphatic heterocycles. The van der Waals surface area contributed by atoms with Crippen molar-refractivity contribution in [2.45, 2.75) is 38.4 Å². The third kappa shape index (κ3) is 0.882. The molecule has 12 heavy (non-hydrogen) atoms. The molecule has 0 spiro atoms. The predicted molar refractivity (Wildman–Crippen MR) is 47.0 cm³/mol. The molecule has 0 amide bonds. The van der Waals surface area contributed by atoms with Gasteiger partial charge in [-0.1, -0.05) is 13.8 Å². The molecule has 0 unspecified atom stereocenters. The summed E-state index contributed by atoms with van der Waals surface area (Å²) >= 11 is 0. The summed E-state index contributed by atoms with van der Waals surface area (Å²) in [5.74, 6) is 1.43. The molecule has 2 rings (SSSR count). The van der Waals surface area contributed by atoms with Gasteiger partial charge >= 0.3 is 0 Å². The van der Waals surface area contributed by atoms with Crippen LogP contribution in [0.15, 0.2) is 0 Å². The Morgan fingerprint density at radius 1 is 1.58 bits per heavy atom. The molecule has 1 aliphatic carbocycles. The molecule has 2 bridgehead atoms. The second kappa shape index (κ2) is 2.71. The fraction of sp³-hybridized carbons (Fsp3) is 1.00. The summed E-state index contributed by atoms with van der Waals surface area (Å²) in [4.78, 5) is 0. The molecule has 1 heterocycles. The van der Waals surface area contributed by atoms with Gasteiger partial charge in [-0.15, -0.1) is 0 Å². The first-order valence-electron chi connectivity index (χ1n) is 4.90. The third-order valence-electron chi connectivity index (χ3n) is 3.72. The lowest BCUT2D eigenvalue weighted by molar-refractivity contribution is -0.0751. The van der Waals surface area contributed by atoms with Crippen LogP contribution in [-0.4, -0.2) is 25.4 Å². The molecule has 0 radical (unpaired) electrons. The van der Waals surface area contributed by atoms with Crippen molar-refractivity contribution in [3.05, 3.63) is 0 Å². The van der Waals surface area contributed by atoms with Crippen molar-refractivity contribution in [3.8, 4) is 0 Å². The zero-order chi connectivity index (χ0) is 8.77. The van der Waals surface area contributed by atoms with E-state index >= 15 is 0 Å².